The predicted octanol–water partition coefficient (Wildman–Crippen LogP) is 5.37. The van der Waals surface area contributed by atoms with Gasteiger partial charge in [-0.25, -0.2) is 9.59 Å². The third-order valence-corrected chi connectivity index (χ3v) is 8.81. The van der Waals surface area contributed by atoms with Crippen molar-refractivity contribution in [2.24, 2.45) is 11.8 Å². The molecule has 2 fully saturated rings. The van der Waals surface area contributed by atoms with Crippen LogP contribution in [0.3, 0.4) is 0 Å². The van der Waals surface area contributed by atoms with E-state index in [9.17, 15) is 14.4 Å². The molecule has 40 heavy (non-hydrogen) atoms. The minimum Gasteiger partial charge on any atom is -0.478 e. The number of aliphatic carboxylic acids is 2. The Balaban J connectivity index is 0.000000406. The van der Waals surface area contributed by atoms with Gasteiger partial charge in [-0.05, 0) is 75.6 Å². The fourth-order valence-electron chi connectivity index (χ4n) is 7.12. The number of hydrogen-bond acceptors (Lipinski definition) is 4. The second-order valence-electron chi connectivity index (χ2n) is 12.2. The number of piperidine rings is 1. The SMILES string of the molecule is CCCN1C[C@H](C(=O)NC2CCCC(C)C2)C[C@@H]2c3cccc4c3c(cn4C(C)C)C[C@H]21.O=C(O)/C=C\C(=O)O. The zero-order chi connectivity index (χ0) is 29.0. The summed E-state index contributed by atoms with van der Waals surface area (Å²) in [4.78, 5) is 35.2. The fraction of sp³-hybridized carbons (Fsp3) is 0.594. The van der Waals surface area contributed by atoms with Crippen LogP contribution in [0, 0.1) is 11.8 Å². The minimum absolute atomic E-state index is 0.101. The van der Waals surface area contributed by atoms with Crippen molar-refractivity contribution < 1.29 is 24.6 Å². The molecule has 1 aliphatic heterocycles. The van der Waals surface area contributed by atoms with Crippen molar-refractivity contribution in [1.82, 2.24) is 14.8 Å². The molecule has 1 saturated carbocycles. The molecule has 2 heterocycles. The number of benzene rings is 1. The Labute approximate surface area is 237 Å². The molecule has 0 spiro atoms. The summed E-state index contributed by atoms with van der Waals surface area (Å²) < 4.78 is 2.45. The van der Waals surface area contributed by atoms with Gasteiger partial charge in [-0.2, -0.15) is 0 Å². The second-order valence-corrected chi connectivity index (χ2v) is 12.2. The van der Waals surface area contributed by atoms with E-state index in [0.717, 1.165) is 51.1 Å². The highest BCUT2D eigenvalue weighted by Gasteiger charge is 2.43. The van der Waals surface area contributed by atoms with Gasteiger partial charge in [0.15, 0.2) is 0 Å². The maximum atomic E-state index is 13.4. The average Bonchev–Trinajstić information content (AvgIpc) is 3.28. The quantitative estimate of drug-likeness (QED) is 0.399. The summed E-state index contributed by atoms with van der Waals surface area (Å²) in [5, 5.41) is 20.6. The molecule has 2 aliphatic carbocycles. The summed E-state index contributed by atoms with van der Waals surface area (Å²) >= 11 is 0. The van der Waals surface area contributed by atoms with Crippen molar-refractivity contribution in [1.29, 1.82) is 0 Å². The van der Waals surface area contributed by atoms with Gasteiger partial charge in [-0.15, -0.1) is 0 Å². The van der Waals surface area contributed by atoms with Crippen molar-refractivity contribution in [3.05, 3.63) is 47.7 Å². The topological polar surface area (TPSA) is 112 Å². The monoisotopic (exact) mass is 551 g/mol. The largest absolute Gasteiger partial charge is 0.478 e. The number of carboxylic acids is 2. The smallest absolute Gasteiger partial charge is 0.328 e. The Morgan fingerprint density at radius 1 is 1.10 bits per heavy atom. The van der Waals surface area contributed by atoms with Crippen molar-refractivity contribution in [3.8, 4) is 0 Å². The number of fused-ring (bicyclic) bond motifs is 2. The van der Waals surface area contributed by atoms with Crippen LogP contribution in [0.15, 0.2) is 36.5 Å². The van der Waals surface area contributed by atoms with Crippen LogP contribution in [0.1, 0.15) is 89.3 Å². The number of rotatable bonds is 7. The number of hydrogen-bond donors (Lipinski definition) is 3. The highest BCUT2D eigenvalue weighted by molar-refractivity contribution is 5.90. The summed E-state index contributed by atoms with van der Waals surface area (Å²) in [6.07, 6.45) is 11.6. The molecule has 5 rings (SSSR count). The number of carbonyl (C=O) groups excluding carboxylic acids is 1. The lowest BCUT2D eigenvalue weighted by Gasteiger charge is -2.47. The molecule has 8 heteroatoms. The van der Waals surface area contributed by atoms with Gasteiger partial charge in [0, 0.05) is 59.8 Å². The summed E-state index contributed by atoms with van der Waals surface area (Å²) in [6, 6.07) is 8.23. The van der Waals surface area contributed by atoms with Crippen LogP contribution in [0.5, 0.6) is 0 Å². The Hall–Kier alpha value is -3.13. The first-order valence-corrected chi connectivity index (χ1v) is 14.9. The first-order chi connectivity index (χ1) is 19.1. The normalized spacial score (nSPS) is 26.3. The molecule has 3 N–H and O–H groups in total. The van der Waals surface area contributed by atoms with E-state index in [1.165, 1.54) is 34.9 Å². The molecular formula is C32H45N3O5. The maximum Gasteiger partial charge on any atom is 0.328 e. The van der Waals surface area contributed by atoms with Gasteiger partial charge in [0.2, 0.25) is 5.91 Å². The molecule has 2 unspecified atom stereocenters. The number of amides is 1. The molecule has 0 radical (unpaired) electrons. The lowest BCUT2D eigenvalue weighted by molar-refractivity contribution is -0.134. The summed E-state index contributed by atoms with van der Waals surface area (Å²) in [7, 11) is 0. The second kappa shape index (κ2) is 13.0. The van der Waals surface area contributed by atoms with Gasteiger partial charge in [0.25, 0.3) is 0 Å². The minimum atomic E-state index is -1.26. The lowest BCUT2D eigenvalue weighted by Crippen LogP contribution is -2.54. The molecule has 5 atom stereocenters. The molecule has 3 aliphatic rings. The number of aromatic nitrogens is 1. The highest BCUT2D eigenvalue weighted by atomic mass is 16.4. The number of nitrogens with zero attached hydrogens (tertiary/aromatic N) is 2. The lowest BCUT2D eigenvalue weighted by atomic mass is 9.72. The Kier molecular flexibility index (Phi) is 9.72. The number of likely N-dealkylation sites (tertiary alicyclic amines) is 1. The standard InChI is InChI=1S/C28H41N3O.C4H4O4/c1-5-12-30-16-21(28(32)29-22-9-6-8-19(4)13-22)14-24-23-10-7-11-25-27(23)20(15-26(24)30)17-31(25)18(2)3;5-3(6)1-2-4(7)8/h7,10-11,17-19,21-22,24,26H,5-6,8-9,12-16H2,1-4H3,(H,29,32);1-2H,(H,5,6)(H,7,8)/b;2-1-/t19?,21-,22?,24-,26-;/m1./s1. The molecule has 1 aromatic heterocycles. The van der Waals surface area contributed by atoms with Crippen molar-refractivity contribution in [2.45, 2.75) is 96.7 Å². The van der Waals surface area contributed by atoms with E-state index < -0.39 is 11.9 Å². The molecule has 8 nitrogen and oxygen atoms in total. The molecular weight excluding hydrogens is 506 g/mol. The van der Waals surface area contributed by atoms with E-state index in [-0.39, 0.29) is 5.92 Å². The van der Waals surface area contributed by atoms with E-state index in [4.69, 9.17) is 10.2 Å². The van der Waals surface area contributed by atoms with Crippen LogP contribution in [-0.4, -0.2) is 62.7 Å². The van der Waals surface area contributed by atoms with Crippen molar-refractivity contribution >= 4 is 28.7 Å². The molecule has 0 bridgehead atoms. The van der Waals surface area contributed by atoms with Crippen LogP contribution in [0.4, 0.5) is 0 Å². The molecule has 218 valence electrons. The maximum absolute atomic E-state index is 13.4. The predicted molar refractivity (Wildman–Crippen MR) is 157 cm³/mol. The van der Waals surface area contributed by atoms with Crippen molar-refractivity contribution in [2.75, 3.05) is 13.1 Å². The molecule has 1 amide bonds. The Morgan fingerprint density at radius 3 is 2.45 bits per heavy atom. The van der Waals surface area contributed by atoms with E-state index in [0.29, 0.717) is 42.1 Å². The van der Waals surface area contributed by atoms with Gasteiger partial charge in [-0.1, -0.05) is 38.8 Å². The van der Waals surface area contributed by atoms with Gasteiger partial charge >= 0.3 is 11.9 Å². The van der Waals surface area contributed by atoms with Crippen LogP contribution in [-0.2, 0) is 20.8 Å². The third-order valence-electron chi connectivity index (χ3n) is 8.81. The van der Waals surface area contributed by atoms with Crippen molar-refractivity contribution in [3.63, 3.8) is 0 Å². The molecule has 1 aromatic carbocycles. The van der Waals surface area contributed by atoms with Gasteiger partial charge in [-0.3, -0.25) is 9.69 Å². The Bertz CT molecular complexity index is 1230. The first-order valence-electron chi connectivity index (χ1n) is 14.9. The Morgan fingerprint density at radius 2 is 1.82 bits per heavy atom. The highest BCUT2D eigenvalue weighted by Crippen LogP contribution is 2.46. The number of carbonyl (C=O) groups is 3. The number of nitrogens with one attached hydrogen (secondary N) is 1. The first kappa shape index (κ1) is 29.8. The van der Waals surface area contributed by atoms with Gasteiger partial charge < -0.3 is 20.1 Å². The number of carboxylic acid groups (broad SMARTS) is 2. The van der Waals surface area contributed by atoms with E-state index >= 15 is 0 Å². The van der Waals surface area contributed by atoms with Gasteiger partial charge in [0.05, 0.1) is 5.92 Å². The molecule has 2 aromatic rings. The summed E-state index contributed by atoms with van der Waals surface area (Å²) in [5.41, 5.74) is 4.36. The zero-order valence-electron chi connectivity index (χ0n) is 24.3. The third kappa shape index (κ3) is 6.77. The van der Waals surface area contributed by atoms with E-state index in [2.05, 4.69) is 66.9 Å². The molecule has 1 saturated heterocycles. The van der Waals surface area contributed by atoms with E-state index in [1.807, 2.05) is 0 Å². The summed E-state index contributed by atoms with van der Waals surface area (Å²) in [5.74, 6) is -0.915. The van der Waals surface area contributed by atoms with Gasteiger partial charge in [0.1, 0.15) is 0 Å². The van der Waals surface area contributed by atoms with Crippen LogP contribution >= 0.6 is 0 Å². The average molecular weight is 552 g/mol. The van der Waals surface area contributed by atoms with E-state index in [1.54, 1.807) is 0 Å². The van der Waals surface area contributed by atoms with Crippen LogP contribution in [0.2, 0.25) is 0 Å². The van der Waals surface area contributed by atoms with Crippen LogP contribution in [0.25, 0.3) is 10.9 Å². The zero-order valence-corrected chi connectivity index (χ0v) is 24.3. The fourth-order valence-corrected chi connectivity index (χ4v) is 7.12. The van der Waals surface area contributed by atoms with Crippen LogP contribution < -0.4 is 5.32 Å². The summed E-state index contributed by atoms with van der Waals surface area (Å²) in [6.45, 7) is 11.1.